The van der Waals surface area contributed by atoms with E-state index in [1.807, 2.05) is 19.1 Å². The van der Waals surface area contributed by atoms with Crippen molar-refractivity contribution in [2.75, 3.05) is 13.2 Å². The molecule has 2 atom stereocenters. The minimum absolute atomic E-state index is 0.106. The summed E-state index contributed by atoms with van der Waals surface area (Å²) in [5.41, 5.74) is 0. The second kappa shape index (κ2) is 38.4. The minimum Gasteiger partial charge on any atom is -0.462 e. The maximum Gasteiger partial charge on any atom is 0.306 e. The van der Waals surface area contributed by atoms with E-state index in [0.29, 0.717) is 19.3 Å². The number of unbranched alkanes of at least 4 members (excludes halogenated alkanes) is 17. The number of rotatable bonds is 35. The Morgan fingerprint density at radius 2 is 1.04 bits per heavy atom. The van der Waals surface area contributed by atoms with E-state index in [2.05, 4.69) is 49.5 Å². The molecule has 0 aromatic rings. The summed E-state index contributed by atoms with van der Waals surface area (Å²) >= 11 is 0. The fourth-order valence-electron chi connectivity index (χ4n) is 5.31. The van der Waals surface area contributed by atoms with Gasteiger partial charge in [-0.05, 0) is 44.9 Å². The Morgan fingerprint density at radius 1 is 0.571 bits per heavy atom. The van der Waals surface area contributed by atoms with Crippen LogP contribution in [-0.2, 0) is 19.1 Å². The van der Waals surface area contributed by atoms with Crippen LogP contribution in [0.2, 0.25) is 0 Å². The van der Waals surface area contributed by atoms with Gasteiger partial charge in [-0.15, -0.1) is 0 Å². The Labute approximate surface area is 301 Å². The van der Waals surface area contributed by atoms with Gasteiger partial charge in [0.15, 0.2) is 6.10 Å². The molecule has 0 rings (SSSR count). The Morgan fingerprint density at radius 3 is 1.55 bits per heavy atom. The maximum atomic E-state index is 12.2. The fraction of sp³-hybridized carbons (Fsp3) is 0.721. The van der Waals surface area contributed by atoms with E-state index in [1.54, 1.807) is 6.08 Å². The number of aliphatic hydroxyl groups excluding tert-OH is 2. The van der Waals surface area contributed by atoms with Gasteiger partial charge in [0.25, 0.3) is 0 Å². The van der Waals surface area contributed by atoms with Gasteiger partial charge in [0.2, 0.25) is 0 Å². The van der Waals surface area contributed by atoms with Crippen LogP contribution in [0.4, 0.5) is 0 Å². The van der Waals surface area contributed by atoms with Crippen LogP contribution in [0.1, 0.15) is 174 Å². The van der Waals surface area contributed by atoms with Crippen LogP contribution in [-0.4, -0.2) is 47.6 Å². The fourth-order valence-corrected chi connectivity index (χ4v) is 5.31. The SMILES string of the molecule is CCCCCCCCCCCCCCCCCCCC(=O)O[C@@H](CO)COC(=O)CCC/C=C\C/C=C\C/C=C\C/C=C\C=C\[C@@H](O)CC. The average Bonchev–Trinajstić information content (AvgIpc) is 3.10. The van der Waals surface area contributed by atoms with Gasteiger partial charge in [-0.3, -0.25) is 9.59 Å². The molecule has 0 unspecified atom stereocenters. The number of carbonyl (C=O) groups is 2. The lowest BCUT2D eigenvalue weighted by atomic mass is 10.0. The molecular weight excluding hydrogens is 612 g/mol. The maximum absolute atomic E-state index is 12.2. The molecule has 0 amide bonds. The first kappa shape index (κ1) is 46.6. The molecule has 282 valence electrons. The van der Waals surface area contributed by atoms with Crippen LogP contribution in [0.25, 0.3) is 0 Å². The van der Waals surface area contributed by atoms with Gasteiger partial charge < -0.3 is 19.7 Å². The second-order valence-electron chi connectivity index (χ2n) is 13.2. The van der Waals surface area contributed by atoms with Crippen LogP contribution in [0.5, 0.6) is 0 Å². The predicted molar refractivity (Wildman–Crippen MR) is 206 cm³/mol. The topological polar surface area (TPSA) is 93.1 Å². The highest BCUT2D eigenvalue weighted by molar-refractivity contribution is 5.70. The van der Waals surface area contributed by atoms with Crippen LogP contribution in [0.3, 0.4) is 0 Å². The summed E-state index contributed by atoms with van der Waals surface area (Å²) in [6, 6.07) is 0. The van der Waals surface area contributed by atoms with E-state index in [9.17, 15) is 19.8 Å². The molecule has 2 N–H and O–H groups in total. The Kier molecular flexibility index (Phi) is 36.5. The molecule has 0 radical (unpaired) electrons. The molecule has 49 heavy (non-hydrogen) atoms. The first-order chi connectivity index (χ1) is 24.0. The number of aliphatic hydroxyl groups is 2. The molecule has 0 aliphatic heterocycles. The second-order valence-corrected chi connectivity index (χ2v) is 13.2. The monoisotopic (exact) mass is 687 g/mol. The standard InChI is InChI=1S/C43H74O6/c1-3-5-6-7-8-9-10-11-12-13-14-19-22-25-28-31-34-37-43(47)49-41(38-44)39-48-42(46)36-33-30-27-24-21-18-16-15-17-20-23-26-29-32-35-40(45)4-2/h16-18,20,24,26-27,29,32,35,40-41,44-45H,3-15,19,21-23,25,28,30-31,33-34,36-39H2,1-2H3/b18-16-,20-17-,27-24-,29-26-,35-32+/t40-,41-/m0/s1. The molecule has 0 aliphatic carbocycles. The first-order valence-electron chi connectivity index (χ1n) is 20.0. The van der Waals surface area contributed by atoms with Crippen molar-refractivity contribution in [2.24, 2.45) is 0 Å². The molecule has 0 bridgehead atoms. The van der Waals surface area contributed by atoms with E-state index >= 15 is 0 Å². The van der Waals surface area contributed by atoms with Crippen LogP contribution in [0, 0.1) is 0 Å². The van der Waals surface area contributed by atoms with Crippen molar-refractivity contribution >= 4 is 11.9 Å². The minimum atomic E-state index is -0.803. The lowest BCUT2D eigenvalue weighted by Crippen LogP contribution is -2.28. The zero-order valence-electron chi connectivity index (χ0n) is 31.5. The Balaban J connectivity index is 3.67. The van der Waals surface area contributed by atoms with Gasteiger partial charge in [0.1, 0.15) is 6.61 Å². The normalized spacial score (nSPS) is 13.5. The number of hydrogen-bond donors (Lipinski definition) is 2. The summed E-state index contributed by atoms with van der Waals surface area (Å²) in [6.07, 6.45) is 46.6. The van der Waals surface area contributed by atoms with Crippen molar-refractivity contribution in [3.63, 3.8) is 0 Å². The van der Waals surface area contributed by atoms with Gasteiger partial charge in [0, 0.05) is 12.8 Å². The van der Waals surface area contributed by atoms with E-state index < -0.39 is 6.10 Å². The van der Waals surface area contributed by atoms with Crippen LogP contribution in [0.15, 0.2) is 60.8 Å². The molecule has 0 aromatic carbocycles. The van der Waals surface area contributed by atoms with Crippen molar-refractivity contribution in [1.29, 1.82) is 0 Å². The quantitative estimate of drug-likeness (QED) is 0.0298. The van der Waals surface area contributed by atoms with Crippen LogP contribution < -0.4 is 0 Å². The Hall–Kier alpha value is -2.44. The van der Waals surface area contributed by atoms with E-state index in [4.69, 9.17) is 9.47 Å². The molecule has 0 saturated carbocycles. The highest BCUT2D eigenvalue weighted by atomic mass is 16.6. The van der Waals surface area contributed by atoms with Gasteiger partial charge in [0.05, 0.1) is 12.7 Å². The van der Waals surface area contributed by atoms with Gasteiger partial charge in [-0.1, -0.05) is 177 Å². The number of hydrogen-bond acceptors (Lipinski definition) is 6. The third-order valence-electron chi connectivity index (χ3n) is 8.48. The molecule has 6 heteroatoms. The van der Waals surface area contributed by atoms with Crippen molar-refractivity contribution < 1.29 is 29.3 Å². The number of ether oxygens (including phenoxy) is 2. The predicted octanol–water partition coefficient (Wildman–Crippen LogP) is 11.4. The summed E-state index contributed by atoms with van der Waals surface area (Å²) < 4.78 is 10.6. The summed E-state index contributed by atoms with van der Waals surface area (Å²) in [5, 5.41) is 19.0. The van der Waals surface area contributed by atoms with Crippen molar-refractivity contribution in [3.8, 4) is 0 Å². The van der Waals surface area contributed by atoms with Crippen molar-refractivity contribution in [2.45, 2.75) is 187 Å². The lowest BCUT2D eigenvalue weighted by Gasteiger charge is -2.15. The zero-order valence-corrected chi connectivity index (χ0v) is 31.5. The highest BCUT2D eigenvalue weighted by Gasteiger charge is 2.16. The highest BCUT2D eigenvalue weighted by Crippen LogP contribution is 2.15. The molecule has 0 aromatic heterocycles. The largest absolute Gasteiger partial charge is 0.462 e. The van der Waals surface area contributed by atoms with Crippen LogP contribution >= 0.6 is 0 Å². The lowest BCUT2D eigenvalue weighted by molar-refractivity contribution is -0.161. The van der Waals surface area contributed by atoms with Crippen molar-refractivity contribution in [3.05, 3.63) is 60.8 Å². The molecular formula is C43H74O6. The number of allylic oxidation sites excluding steroid dienone is 9. The molecule has 0 spiro atoms. The summed E-state index contributed by atoms with van der Waals surface area (Å²) in [7, 11) is 0. The van der Waals surface area contributed by atoms with Crippen molar-refractivity contribution in [1.82, 2.24) is 0 Å². The molecule has 6 nitrogen and oxygen atoms in total. The van der Waals surface area contributed by atoms with Gasteiger partial charge in [-0.2, -0.15) is 0 Å². The molecule has 0 fully saturated rings. The molecule has 0 heterocycles. The summed E-state index contributed by atoms with van der Waals surface area (Å²) in [6.45, 7) is 3.76. The number of carbonyl (C=O) groups excluding carboxylic acids is 2. The zero-order chi connectivity index (χ0) is 35.9. The Bertz CT molecular complexity index is 887. The third-order valence-corrected chi connectivity index (χ3v) is 8.48. The van der Waals surface area contributed by atoms with Gasteiger partial charge in [-0.25, -0.2) is 0 Å². The van der Waals surface area contributed by atoms with E-state index in [-0.39, 0.29) is 31.3 Å². The third kappa shape index (κ3) is 36.7. The molecule has 0 aliphatic rings. The summed E-state index contributed by atoms with van der Waals surface area (Å²) in [5.74, 6) is -0.677. The first-order valence-corrected chi connectivity index (χ1v) is 20.0. The number of esters is 2. The molecule has 0 saturated heterocycles. The average molecular weight is 687 g/mol. The van der Waals surface area contributed by atoms with E-state index in [0.717, 1.165) is 51.4 Å². The smallest absolute Gasteiger partial charge is 0.306 e. The van der Waals surface area contributed by atoms with E-state index in [1.165, 1.54) is 89.9 Å². The summed E-state index contributed by atoms with van der Waals surface area (Å²) in [4.78, 5) is 24.2. The van der Waals surface area contributed by atoms with Gasteiger partial charge >= 0.3 is 11.9 Å².